The van der Waals surface area contributed by atoms with E-state index in [9.17, 15) is 4.57 Å². The standard InChI is InChI=1S/C4H12NO4P/c1-4(2-3-5)9-10(6,7)8/h4H,2-3,5H2,1H3,(H2,6,7,8). The molecule has 1 unspecified atom stereocenters. The van der Waals surface area contributed by atoms with Crippen LogP contribution in [0.4, 0.5) is 0 Å². The van der Waals surface area contributed by atoms with Gasteiger partial charge in [0.05, 0.1) is 6.10 Å². The Bertz CT molecular complexity index is 133. The molecule has 10 heavy (non-hydrogen) atoms. The SMILES string of the molecule is CC(CCN)OP(=O)(O)O. The predicted octanol–water partition coefficient (Wildman–Crippen LogP) is -0.167. The maximum atomic E-state index is 10.1. The van der Waals surface area contributed by atoms with E-state index in [1.807, 2.05) is 0 Å². The molecular formula is C4H12NO4P. The minimum atomic E-state index is -4.31. The third-order valence-corrected chi connectivity index (χ3v) is 1.52. The second-order valence-corrected chi connectivity index (χ2v) is 3.18. The second kappa shape index (κ2) is 4.05. The van der Waals surface area contributed by atoms with Crippen LogP contribution in [0.5, 0.6) is 0 Å². The van der Waals surface area contributed by atoms with E-state index in [0.29, 0.717) is 13.0 Å². The van der Waals surface area contributed by atoms with Gasteiger partial charge < -0.3 is 15.5 Å². The maximum absolute atomic E-state index is 10.1. The third-order valence-electron chi connectivity index (χ3n) is 0.890. The molecule has 0 rings (SSSR count). The fourth-order valence-corrected chi connectivity index (χ4v) is 1.10. The van der Waals surface area contributed by atoms with Gasteiger partial charge in [0.15, 0.2) is 0 Å². The molecule has 0 aromatic rings. The first kappa shape index (κ1) is 10.1. The molecule has 0 aromatic carbocycles. The van der Waals surface area contributed by atoms with Crippen molar-refractivity contribution in [2.75, 3.05) is 6.54 Å². The number of phosphoric acid groups is 1. The summed E-state index contributed by atoms with van der Waals surface area (Å²) < 4.78 is 14.4. The van der Waals surface area contributed by atoms with Crippen molar-refractivity contribution in [3.63, 3.8) is 0 Å². The molecule has 0 aliphatic heterocycles. The van der Waals surface area contributed by atoms with E-state index in [2.05, 4.69) is 4.52 Å². The highest BCUT2D eigenvalue weighted by Crippen LogP contribution is 2.37. The van der Waals surface area contributed by atoms with Crippen molar-refractivity contribution in [2.24, 2.45) is 5.73 Å². The Labute approximate surface area is 59.4 Å². The number of hydrogen-bond acceptors (Lipinski definition) is 3. The Kier molecular flexibility index (Phi) is 4.08. The summed E-state index contributed by atoms with van der Waals surface area (Å²) in [5, 5.41) is 0. The van der Waals surface area contributed by atoms with Crippen LogP contribution < -0.4 is 5.73 Å². The molecule has 5 nitrogen and oxygen atoms in total. The van der Waals surface area contributed by atoms with Crippen LogP contribution in [0.2, 0.25) is 0 Å². The van der Waals surface area contributed by atoms with Crippen molar-refractivity contribution in [3.8, 4) is 0 Å². The van der Waals surface area contributed by atoms with Crippen molar-refractivity contribution < 1.29 is 18.9 Å². The molecule has 0 saturated heterocycles. The van der Waals surface area contributed by atoms with Crippen molar-refractivity contribution >= 4 is 7.82 Å². The lowest BCUT2D eigenvalue weighted by Gasteiger charge is -2.11. The molecule has 0 fully saturated rings. The quantitative estimate of drug-likeness (QED) is 0.508. The Balaban J connectivity index is 3.58. The van der Waals surface area contributed by atoms with Crippen LogP contribution in [0, 0.1) is 0 Å². The Morgan fingerprint density at radius 3 is 2.50 bits per heavy atom. The smallest absolute Gasteiger partial charge is 0.330 e. The molecule has 0 aromatic heterocycles. The molecule has 0 aliphatic carbocycles. The average Bonchev–Trinajstić information content (AvgIpc) is 1.59. The van der Waals surface area contributed by atoms with Crippen LogP contribution in [0.1, 0.15) is 13.3 Å². The number of nitrogens with two attached hydrogens (primary N) is 1. The topological polar surface area (TPSA) is 92.8 Å². The van der Waals surface area contributed by atoms with E-state index in [0.717, 1.165) is 0 Å². The van der Waals surface area contributed by atoms with Crippen LogP contribution in [0.15, 0.2) is 0 Å². The molecular weight excluding hydrogens is 157 g/mol. The zero-order chi connectivity index (χ0) is 8.20. The van der Waals surface area contributed by atoms with Gasteiger partial charge in [0.1, 0.15) is 0 Å². The van der Waals surface area contributed by atoms with Gasteiger partial charge in [-0.2, -0.15) is 0 Å². The Morgan fingerprint density at radius 2 is 2.20 bits per heavy atom. The van der Waals surface area contributed by atoms with Crippen LogP contribution in [-0.4, -0.2) is 22.4 Å². The first-order chi connectivity index (χ1) is 4.45. The fraction of sp³-hybridized carbons (Fsp3) is 1.00. The van der Waals surface area contributed by atoms with Gasteiger partial charge in [-0.25, -0.2) is 4.57 Å². The lowest BCUT2D eigenvalue weighted by molar-refractivity contribution is 0.140. The summed E-state index contributed by atoms with van der Waals surface area (Å²) in [7, 11) is -4.31. The van der Waals surface area contributed by atoms with Gasteiger partial charge in [-0.05, 0) is 19.9 Å². The fourth-order valence-electron chi connectivity index (χ4n) is 0.522. The molecule has 0 spiro atoms. The van der Waals surface area contributed by atoms with Gasteiger partial charge in [-0.1, -0.05) is 0 Å². The number of rotatable bonds is 4. The van der Waals surface area contributed by atoms with Crippen LogP contribution in [0.25, 0.3) is 0 Å². The summed E-state index contributed by atoms with van der Waals surface area (Å²) >= 11 is 0. The molecule has 6 heteroatoms. The molecule has 0 heterocycles. The van der Waals surface area contributed by atoms with E-state index in [4.69, 9.17) is 15.5 Å². The van der Waals surface area contributed by atoms with E-state index >= 15 is 0 Å². The van der Waals surface area contributed by atoms with Gasteiger partial charge in [-0.15, -0.1) is 0 Å². The number of hydrogen-bond donors (Lipinski definition) is 3. The van der Waals surface area contributed by atoms with E-state index in [1.54, 1.807) is 6.92 Å². The largest absolute Gasteiger partial charge is 0.469 e. The number of phosphoric ester groups is 1. The lowest BCUT2D eigenvalue weighted by Crippen LogP contribution is -2.12. The summed E-state index contributed by atoms with van der Waals surface area (Å²) in [4.78, 5) is 16.5. The minimum Gasteiger partial charge on any atom is -0.330 e. The molecule has 0 bridgehead atoms. The molecule has 62 valence electrons. The molecule has 0 amide bonds. The zero-order valence-corrected chi connectivity index (χ0v) is 6.62. The highest BCUT2D eigenvalue weighted by Gasteiger charge is 2.17. The van der Waals surface area contributed by atoms with Crippen molar-refractivity contribution in [3.05, 3.63) is 0 Å². The van der Waals surface area contributed by atoms with E-state index in [-0.39, 0.29) is 0 Å². The third kappa shape index (κ3) is 6.19. The van der Waals surface area contributed by atoms with Crippen LogP contribution in [0.3, 0.4) is 0 Å². The highest BCUT2D eigenvalue weighted by atomic mass is 31.2. The van der Waals surface area contributed by atoms with Crippen LogP contribution >= 0.6 is 7.82 Å². The summed E-state index contributed by atoms with van der Waals surface area (Å²) in [6.45, 7) is 1.92. The second-order valence-electron chi connectivity index (χ2n) is 1.98. The van der Waals surface area contributed by atoms with E-state index < -0.39 is 13.9 Å². The van der Waals surface area contributed by atoms with Gasteiger partial charge >= 0.3 is 7.82 Å². The molecule has 0 aliphatic rings. The van der Waals surface area contributed by atoms with Gasteiger partial charge in [-0.3, -0.25) is 4.52 Å². The summed E-state index contributed by atoms with van der Waals surface area (Å²) in [5.41, 5.74) is 5.12. The Morgan fingerprint density at radius 1 is 1.70 bits per heavy atom. The summed E-state index contributed by atoms with van der Waals surface area (Å²) in [6.07, 6.45) is -0.0312. The van der Waals surface area contributed by atoms with Gasteiger partial charge in [0.2, 0.25) is 0 Å². The van der Waals surface area contributed by atoms with Gasteiger partial charge in [0, 0.05) is 0 Å². The van der Waals surface area contributed by atoms with Crippen molar-refractivity contribution in [1.82, 2.24) is 0 Å². The molecule has 0 saturated carbocycles. The first-order valence-electron chi connectivity index (χ1n) is 2.89. The predicted molar refractivity (Wildman–Crippen MR) is 36.3 cm³/mol. The van der Waals surface area contributed by atoms with E-state index in [1.165, 1.54) is 0 Å². The molecule has 4 N–H and O–H groups in total. The van der Waals surface area contributed by atoms with Crippen LogP contribution in [-0.2, 0) is 9.09 Å². The summed E-state index contributed by atoms with van der Waals surface area (Å²) in [5.74, 6) is 0. The highest BCUT2D eigenvalue weighted by molar-refractivity contribution is 7.46. The van der Waals surface area contributed by atoms with Crippen molar-refractivity contribution in [2.45, 2.75) is 19.4 Å². The summed E-state index contributed by atoms with van der Waals surface area (Å²) in [6, 6.07) is 0. The average molecular weight is 169 g/mol. The lowest BCUT2D eigenvalue weighted by atomic mass is 10.3. The minimum absolute atomic E-state index is 0.362. The Hall–Kier alpha value is 0.0700. The monoisotopic (exact) mass is 169 g/mol. The van der Waals surface area contributed by atoms with Crippen molar-refractivity contribution in [1.29, 1.82) is 0 Å². The normalized spacial score (nSPS) is 15.2. The maximum Gasteiger partial charge on any atom is 0.469 e. The first-order valence-corrected chi connectivity index (χ1v) is 4.42. The molecule has 1 atom stereocenters. The van der Waals surface area contributed by atoms with Gasteiger partial charge in [0.25, 0.3) is 0 Å². The zero-order valence-electron chi connectivity index (χ0n) is 5.73. The molecule has 0 radical (unpaired) electrons.